The van der Waals surface area contributed by atoms with E-state index in [4.69, 9.17) is 10.8 Å². The molecule has 0 aromatic rings. The van der Waals surface area contributed by atoms with Crippen LogP contribution in [0, 0.1) is 5.41 Å². The lowest BCUT2D eigenvalue weighted by atomic mass is 9.91. The molecule has 0 radical (unpaired) electrons. The lowest BCUT2D eigenvalue weighted by Crippen LogP contribution is -2.49. The van der Waals surface area contributed by atoms with Gasteiger partial charge in [-0.15, -0.1) is 11.8 Å². The van der Waals surface area contributed by atoms with Crippen LogP contribution >= 0.6 is 11.8 Å². The summed E-state index contributed by atoms with van der Waals surface area (Å²) in [5.41, 5.74) is 4.81. The molecular weight excluding hydrogens is 216 g/mol. The standard InChI is InChI=1S/C9H16N2O3S/c1-9(2,4-10)8(14)11-5-15-3-6(11)7(12)13/h6H,3-5,10H2,1-2H3,(H,12,13). The highest BCUT2D eigenvalue weighted by atomic mass is 32.2. The second kappa shape index (κ2) is 4.40. The smallest absolute Gasteiger partial charge is 0.327 e. The summed E-state index contributed by atoms with van der Waals surface area (Å²) in [6.45, 7) is 3.69. The Hall–Kier alpha value is -0.750. The first-order valence-electron chi connectivity index (χ1n) is 4.72. The van der Waals surface area contributed by atoms with Crippen molar-refractivity contribution in [3.05, 3.63) is 0 Å². The van der Waals surface area contributed by atoms with Crippen LogP contribution in [0.3, 0.4) is 0 Å². The van der Waals surface area contributed by atoms with E-state index in [1.807, 2.05) is 0 Å². The molecule has 1 heterocycles. The first kappa shape index (κ1) is 12.3. The van der Waals surface area contributed by atoms with Crippen molar-refractivity contribution in [3.63, 3.8) is 0 Å². The van der Waals surface area contributed by atoms with Crippen LogP contribution in [0.25, 0.3) is 0 Å². The largest absolute Gasteiger partial charge is 0.480 e. The minimum Gasteiger partial charge on any atom is -0.480 e. The maximum atomic E-state index is 12.0. The third-order valence-electron chi connectivity index (χ3n) is 2.52. The Morgan fingerprint density at radius 3 is 2.67 bits per heavy atom. The molecule has 0 aromatic carbocycles. The predicted octanol–water partition coefficient (Wildman–Crippen LogP) is -0.0426. The van der Waals surface area contributed by atoms with Crippen LogP contribution in [-0.2, 0) is 9.59 Å². The van der Waals surface area contributed by atoms with Crippen LogP contribution in [0.4, 0.5) is 0 Å². The van der Waals surface area contributed by atoms with E-state index in [0.717, 1.165) is 0 Å². The van der Waals surface area contributed by atoms with Gasteiger partial charge in [0.25, 0.3) is 0 Å². The molecule has 0 aromatic heterocycles. The van der Waals surface area contributed by atoms with E-state index in [2.05, 4.69) is 0 Å². The molecule has 1 aliphatic heterocycles. The van der Waals surface area contributed by atoms with Gasteiger partial charge in [0.1, 0.15) is 6.04 Å². The first-order chi connectivity index (χ1) is 6.90. The Balaban J connectivity index is 2.79. The van der Waals surface area contributed by atoms with Crippen LogP contribution < -0.4 is 5.73 Å². The fourth-order valence-corrected chi connectivity index (χ4v) is 2.47. The van der Waals surface area contributed by atoms with Gasteiger partial charge in [0.05, 0.1) is 11.3 Å². The number of carbonyl (C=O) groups excluding carboxylic acids is 1. The van der Waals surface area contributed by atoms with Gasteiger partial charge >= 0.3 is 5.97 Å². The number of nitrogens with zero attached hydrogens (tertiary/aromatic N) is 1. The number of nitrogens with two attached hydrogens (primary N) is 1. The van der Waals surface area contributed by atoms with Gasteiger partial charge in [-0.2, -0.15) is 0 Å². The van der Waals surface area contributed by atoms with Crippen molar-refractivity contribution in [1.82, 2.24) is 4.90 Å². The molecule has 0 aliphatic carbocycles. The Morgan fingerprint density at radius 2 is 2.20 bits per heavy atom. The molecule has 86 valence electrons. The van der Waals surface area contributed by atoms with E-state index in [0.29, 0.717) is 11.6 Å². The minimum absolute atomic E-state index is 0.178. The number of thioether (sulfide) groups is 1. The molecule has 1 aliphatic rings. The number of carboxylic acid groups (broad SMARTS) is 1. The van der Waals surface area contributed by atoms with Crippen LogP contribution in [0.1, 0.15) is 13.8 Å². The zero-order chi connectivity index (χ0) is 11.6. The monoisotopic (exact) mass is 232 g/mol. The number of carbonyl (C=O) groups is 2. The van der Waals surface area contributed by atoms with E-state index in [1.165, 1.54) is 16.7 Å². The third-order valence-corrected chi connectivity index (χ3v) is 3.53. The van der Waals surface area contributed by atoms with Gasteiger partial charge in [-0.05, 0) is 13.8 Å². The SMILES string of the molecule is CC(C)(CN)C(=O)N1CSCC1C(=O)O. The highest BCUT2D eigenvalue weighted by Crippen LogP contribution is 2.27. The molecule has 1 amide bonds. The molecule has 1 saturated heterocycles. The van der Waals surface area contributed by atoms with Gasteiger partial charge in [-0.3, -0.25) is 4.79 Å². The van der Waals surface area contributed by atoms with E-state index < -0.39 is 17.4 Å². The van der Waals surface area contributed by atoms with Gasteiger partial charge in [0.15, 0.2) is 0 Å². The van der Waals surface area contributed by atoms with Crippen molar-refractivity contribution in [1.29, 1.82) is 0 Å². The lowest BCUT2D eigenvalue weighted by molar-refractivity contribution is -0.151. The number of hydrogen-bond donors (Lipinski definition) is 2. The number of rotatable bonds is 3. The molecule has 5 nitrogen and oxygen atoms in total. The maximum absolute atomic E-state index is 12.0. The van der Waals surface area contributed by atoms with Crippen molar-refractivity contribution in [2.24, 2.45) is 11.1 Å². The Labute approximate surface area is 93.0 Å². The molecule has 0 saturated carbocycles. The zero-order valence-corrected chi connectivity index (χ0v) is 9.71. The number of aliphatic carboxylic acids is 1. The molecule has 1 atom stereocenters. The lowest BCUT2D eigenvalue weighted by Gasteiger charge is -2.29. The summed E-state index contributed by atoms with van der Waals surface area (Å²) in [4.78, 5) is 24.3. The Morgan fingerprint density at radius 1 is 1.60 bits per heavy atom. The van der Waals surface area contributed by atoms with E-state index >= 15 is 0 Å². The quantitative estimate of drug-likeness (QED) is 0.713. The molecule has 0 spiro atoms. The maximum Gasteiger partial charge on any atom is 0.327 e. The molecule has 0 bridgehead atoms. The van der Waals surface area contributed by atoms with Crippen LogP contribution in [-0.4, -0.2) is 46.1 Å². The summed E-state index contributed by atoms with van der Waals surface area (Å²) in [5.74, 6) is -0.218. The van der Waals surface area contributed by atoms with Gasteiger partial charge < -0.3 is 15.7 Å². The van der Waals surface area contributed by atoms with Crippen LogP contribution in [0.5, 0.6) is 0 Å². The Kier molecular flexibility index (Phi) is 3.62. The second-order valence-corrected chi connectivity index (χ2v) is 5.22. The second-order valence-electron chi connectivity index (χ2n) is 4.22. The summed E-state index contributed by atoms with van der Waals surface area (Å²) in [6.07, 6.45) is 0. The topological polar surface area (TPSA) is 83.6 Å². The van der Waals surface area contributed by atoms with E-state index in [1.54, 1.807) is 13.8 Å². The van der Waals surface area contributed by atoms with Crippen molar-refractivity contribution in [3.8, 4) is 0 Å². The van der Waals surface area contributed by atoms with Crippen molar-refractivity contribution in [2.45, 2.75) is 19.9 Å². The summed E-state index contributed by atoms with van der Waals surface area (Å²) < 4.78 is 0. The van der Waals surface area contributed by atoms with Gasteiger partial charge in [0.2, 0.25) is 5.91 Å². The fourth-order valence-electron chi connectivity index (χ4n) is 1.32. The van der Waals surface area contributed by atoms with E-state index in [9.17, 15) is 9.59 Å². The summed E-state index contributed by atoms with van der Waals surface area (Å²) >= 11 is 1.46. The summed E-state index contributed by atoms with van der Waals surface area (Å²) in [6, 6.07) is -0.701. The summed E-state index contributed by atoms with van der Waals surface area (Å²) in [5, 5.41) is 8.93. The van der Waals surface area contributed by atoms with Crippen LogP contribution in [0.15, 0.2) is 0 Å². The minimum atomic E-state index is -0.943. The molecule has 1 fully saturated rings. The zero-order valence-electron chi connectivity index (χ0n) is 8.90. The highest BCUT2D eigenvalue weighted by Gasteiger charge is 2.40. The van der Waals surface area contributed by atoms with Crippen molar-refractivity contribution >= 4 is 23.6 Å². The van der Waals surface area contributed by atoms with Gasteiger partial charge in [0, 0.05) is 12.3 Å². The van der Waals surface area contributed by atoms with Crippen molar-refractivity contribution < 1.29 is 14.7 Å². The number of amides is 1. The highest BCUT2D eigenvalue weighted by molar-refractivity contribution is 7.99. The summed E-state index contributed by atoms with van der Waals surface area (Å²) in [7, 11) is 0. The molecule has 1 rings (SSSR count). The van der Waals surface area contributed by atoms with Gasteiger partial charge in [-0.1, -0.05) is 0 Å². The molecule has 6 heteroatoms. The molecular formula is C9H16N2O3S. The molecule has 1 unspecified atom stereocenters. The normalized spacial score (nSPS) is 21.8. The first-order valence-corrected chi connectivity index (χ1v) is 5.87. The number of hydrogen-bond acceptors (Lipinski definition) is 4. The number of carboxylic acids is 1. The average molecular weight is 232 g/mol. The van der Waals surface area contributed by atoms with Crippen molar-refractivity contribution in [2.75, 3.05) is 18.2 Å². The predicted molar refractivity (Wildman–Crippen MR) is 58.4 cm³/mol. The molecule has 3 N–H and O–H groups in total. The van der Waals surface area contributed by atoms with Gasteiger partial charge in [-0.25, -0.2) is 4.79 Å². The fraction of sp³-hybridized carbons (Fsp3) is 0.778. The van der Waals surface area contributed by atoms with Crippen LogP contribution in [0.2, 0.25) is 0 Å². The third kappa shape index (κ3) is 2.43. The molecule has 15 heavy (non-hydrogen) atoms. The Bertz CT molecular complexity index is 281. The van der Waals surface area contributed by atoms with E-state index in [-0.39, 0.29) is 12.5 Å². The average Bonchev–Trinajstić information content (AvgIpc) is 2.64.